The van der Waals surface area contributed by atoms with E-state index in [1.807, 2.05) is 12.1 Å². The van der Waals surface area contributed by atoms with Crippen LogP contribution >= 0.6 is 0 Å². The first-order valence-electron chi connectivity index (χ1n) is 6.77. The van der Waals surface area contributed by atoms with Gasteiger partial charge in [-0.25, -0.2) is 0 Å². The lowest BCUT2D eigenvalue weighted by molar-refractivity contribution is -0.110. The zero-order valence-electron chi connectivity index (χ0n) is 12.3. The lowest BCUT2D eigenvalue weighted by atomic mass is 10.0. The van der Waals surface area contributed by atoms with Gasteiger partial charge < -0.3 is 20.5 Å². The maximum atomic E-state index is 12.2. The molecule has 2 aromatic carbocycles. The number of hydrogen-bond donors (Lipinski definition) is 2. The van der Waals surface area contributed by atoms with Crippen molar-refractivity contribution in [3.63, 3.8) is 0 Å². The second-order valence-electron chi connectivity index (χ2n) is 4.93. The summed E-state index contributed by atoms with van der Waals surface area (Å²) >= 11 is 0. The largest absolute Gasteiger partial charge is 0.497 e. The van der Waals surface area contributed by atoms with Crippen molar-refractivity contribution >= 4 is 28.9 Å². The number of anilines is 2. The molecule has 3 rings (SSSR count). The van der Waals surface area contributed by atoms with Gasteiger partial charge in [0.15, 0.2) is 0 Å². The van der Waals surface area contributed by atoms with Crippen molar-refractivity contribution < 1.29 is 14.3 Å². The van der Waals surface area contributed by atoms with Crippen LogP contribution in [-0.2, 0) is 4.79 Å². The molecule has 112 valence electrons. The van der Waals surface area contributed by atoms with Gasteiger partial charge in [-0.1, -0.05) is 0 Å². The Morgan fingerprint density at radius 2 is 1.91 bits per heavy atom. The maximum Gasteiger partial charge on any atom is 0.256 e. The molecular weight excluding hydrogens is 280 g/mol. The molecule has 0 spiro atoms. The van der Waals surface area contributed by atoms with Crippen LogP contribution in [0.3, 0.4) is 0 Å². The quantitative estimate of drug-likeness (QED) is 0.674. The van der Waals surface area contributed by atoms with Gasteiger partial charge in [0.25, 0.3) is 5.91 Å². The molecule has 0 unspecified atom stereocenters. The summed E-state index contributed by atoms with van der Waals surface area (Å²) in [4.78, 5) is 12.2. The second-order valence-corrected chi connectivity index (χ2v) is 4.93. The third-order valence-corrected chi connectivity index (χ3v) is 3.56. The number of fused-ring (bicyclic) bond motifs is 1. The first kappa shape index (κ1) is 14.0. The zero-order valence-corrected chi connectivity index (χ0v) is 12.3. The number of methoxy groups -OCH3 is 2. The highest BCUT2D eigenvalue weighted by Gasteiger charge is 2.24. The molecule has 0 bridgehead atoms. The highest BCUT2D eigenvalue weighted by molar-refractivity contribution is 6.35. The maximum absolute atomic E-state index is 12.2. The molecule has 1 heterocycles. The Morgan fingerprint density at radius 1 is 1.09 bits per heavy atom. The lowest BCUT2D eigenvalue weighted by Gasteiger charge is -2.08. The number of ether oxygens (including phenoxy) is 2. The SMILES string of the molecule is COc1ccc(OC)c(/C=C2\C(=O)Nc3ccc(N)cc32)c1. The van der Waals surface area contributed by atoms with Gasteiger partial charge in [-0.15, -0.1) is 0 Å². The van der Waals surface area contributed by atoms with Gasteiger partial charge in [0.1, 0.15) is 11.5 Å². The van der Waals surface area contributed by atoms with Gasteiger partial charge in [0.2, 0.25) is 0 Å². The lowest BCUT2D eigenvalue weighted by Crippen LogP contribution is -2.03. The molecule has 0 fully saturated rings. The fraction of sp³-hybridized carbons (Fsp3) is 0.118. The second kappa shape index (κ2) is 5.44. The molecule has 1 aliphatic rings. The molecule has 0 saturated heterocycles. The van der Waals surface area contributed by atoms with E-state index in [9.17, 15) is 4.79 Å². The van der Waals surface area contributed by atoms with Crippen LogP contribution in [0, 0.1) is 0 Å². The third kappa shape index (κ3) is 2.37. The standard InChI is InChI=1S/C17H16N2O3/c1-21-12-4-6-16(22-2)10(7-12)8-14-13-9-11(18)3-5-15(13)19-17(14)20/h3-9H,18H2,1-2H3,(H,19,20)/b14-8-. The van der Waals surface area contributed by atoms with Crippen LogP contribution in [0.15, 0.2) is 36.4 Å². The van der Waals surface area contributed by atoms with E-state index in [4.69, 9.17) is 15.2 Å². The number of nitrogen functional groups attached to an aromatic ring is 1. The van der Waals surface area contributed by atoms with Crippen molar-refractivity contribution in [1.82, 2.24) is 0 Å². The molecule has 5 nitrogen and oxygen atoms in total. The highest BCUT2D eigenvalue weighted by atomic mass is 16.5. The van der Waals surface area contributed by atoms with E-state index in [0.717, 1.165) is 16.8 Å². The molecule has 0 aromatic heterocycles. The Labute approximate surface area is 128 Å². The molecule has 0 radical (unpaired) electrons. The van der Waals surface area contributed by atoms with E-state index in [0.29, 0.717) is 22.8 Å². The van der Waals surface area contributed by atoms with Crippen LogP contribution in [0.1, 0.15) is 11.1 Å². The fourth-order valence-corrected chi connectivity index (χ4v) is 2.46. The number of carbonyl (C=O) groups excluding carboxylic acids is 1. The Balaban J connectivity index is 2.13. The Kier molecular flexibility index (Phi) is 3.47. The molecule has 0 atom stereocenters. The average molecular weight is 296 g/mol. The van der Waals surface area contributed by atoms with E-state index in [2.05, 4.69) is 5.32 Å². The number of nitrogens with one attached hydrogen (secondary N) is 1. The van der Waals surface area contributed by atoms with Crippen molar-refractivity contribution in [3.05, 3.63) is 47.5 Å². The van der Waals surface area contributed by atoms with E-state index in [1.54, 1.807) is 44.6 Å². The number of benzene rings is 2. The van der Waals surface area contributed by atoms with Crippen LogP contribution in [-0.4, -0.2) is 20.1 Å². The predicted molar refractivity (Wildman–Crippen MR) is 86.9 cm³/mol. The monoisotopic (exact) mass is 296 g/mol. The van der Waals surface area contributed by atoms with Crippen LogP contribution in [0.2, 0.25) is 0 Å². The normalized spacial score (nSPS) is 14.6. The number of nitrogens with two attached hydrogens (primary N) is 1. The van der Waals surface area contributed by atoms with Crippen molar-refractivity contribution in [2.24, 2.45) is 0 Å². The molecule has 3 N–H and O–H groups in total. The third-order valence-electron chi connectivity index (χ3n) is 3.56. The summed E-state index contributed by atoms with van der Waals surface area (Å²) in [6.07, 6.45) is 1.78. The number of hydrogen-bond acceptors (Lipinski definition) is 4. The van der Waals surface area contributed by atoms with Crippen LogP contribution < -0.4 is 20.5 Å². The number of amides is 1. The minimum atomic E-state index is -0.162. The summed E-state index contributed by atoms with van der Waals surface area (Å²) < 4.78 is 10.6. The first-order chi connectivity index (χ1) is 10.6. The summed E-state index contributed by atoms with van der Waals surface area (Å²) in [5, 5.41) is 2.83. The molecule has 5 heteroatoms. The highest BCUT2D eigenvalue weighted by Crippen LogP contribution is 2.36. The van der Waals surface area contributed by atoms with Gasteiger partial charge in [-0.05, 0) is 42.5 Å². The molecule has 0 aliphatic carbocycles. The molecular formula is C17H16N2O3. The summed E-state index contributed by atoms with van der Waals surface area (Å²) in [6, 6.07) is 10.8. The Morgan fingerprint density at radius 3 is 2.64 bits per heavy atom. The van der Waals surface area contributed by atoms with Gasteiger partial charge >= 0.3 is 0 Å². The summed E-state index contributed by atoms with van der Waals surface area (Å²) in [7, 11) is 3.18. The van der Waals surface area contributed by atoms with Crippen LogP contribution in [0.4, 0.5) is 11.4 Å². The summed E-state index contributed by atoms with van der Waals surface area (Å²) in [6.45, 7) is 0. The van der Waals surface area contributed by atoms with Gasteiger partial charge in [0.05, 0.1) is 14.2 Å². The van der Waals surface area contributed by atoms with E-state index in [-0.39, 0.29) is 5.91 Å². The number of rotatable bonds is 3. The average Bonchev–Trinajstić information content (AvgIpc) is 2.83. The first-order valence-corrected chi connectivity index (χ1v) is 6.77. The van der Waals surface area contributed by atoms with E-state index >= 15 is 0 Å². The molecule has 2 aromatic rings. The molecule has 0 saturated carbocycles. The fourth-order valence-electron chi connectivity index (χ4n) is 2.46. The molecule has 1 amide bonds. The van der Waals surface area contributed by atoms with E-state index in [1.165, 1.54) is 0 Å². The topological polar surface area (TPSA) is 73.6 Å². The smallest absolute Gasteiger partial charge is 0.256 e. The summed E-state index contributed by atoms with van der Waals surface area (Å²) in [5.41, 5.74) is 9.29. The van der Waals surface area contributed by atoms with Crippen molar-refractivity contribution in [3.8, 4) is 11.5 Å². The van der Waals surface area contributed by atoms with Gasteiger partial charge in [-0.2, -0.15) is 0 Å². The minimum Gasteiger partial charge on any atom is -0.497 e. The van der Waals surface area contributed by atoms with Crippen molar-refractivity contribution in [2.75, 3.05) is 25.3 Å². The number of carbonyl (C=O) groups is 1. The van der Waals surface area contributed by atoms with Crippen molar-refractivity contribution in [1.29, 1.82) is 0 Å². The predicted octanol–water partition coefficient (Wildman–Crippen LogP) is 2.78. The minimum absolute atomic E-state index is 0.162. The summed E-state index contributed by atoms with van der Waals surface area (Å²) in [5.74, 6) is 1.20. The zero-order chi connectivity index (χ0) is 15.7. The van der Waals surface area contributed by atoms with Gasteiger partial charge in [0, 0.05) is 28.1 Å². The van der Waals surface area contributed by atoms with E-state index < -0.39 is 0 Å². The Hall–Kier alpha value is -2.95. The van der Waals surface area contributed by atoms with Gasteiger partial charge in [-0.3, -0.25) is 4.79 Å². The van der Waals surface area contributed by atoms with Crippen LogP contribution in [0.25, 0.3) is 11.6 Å². The van der Waals surface area contributed by atoms with Crippen LogP contribution in [0.5, 0.6) is 11.5 Å². The Bertz CT molecular complexity index is 781. The molecule has 1 aliphatic heterocycles. The van der Waals surface area contributed by atoms with Crippen molar-refractivity contribution in [2.45, 2.75) is 0 Å². The molecule has 22 heavy (non-hydrogen) atoms.